The van der Waals surface area contributed by atoms with Crippen molar-refractivity contribution in [3.8, 4) is 5.75 Å². The van der Waals surface area contributed by atoms with Crippen molar-refractivity contribution < 1.29 is 14.2 Å². The highest BCUT2D eigenvalue weighted by Gasteiger charge is 2.16. The lowest BCUT2D eigenvalue weighted by molar-refractivity contribution is 0.0779. The molecule has 0 aromatic heterocycles. The van der Waals surface area contributed by atoms with Crippen molar-refractivity contribution in [2.24, 2.45) is 5.92 Å². The number of hydrogen-bond acceptors (Lipinski definition) is 4. The Hall–Kier alpha value is -1.10. The monoisotopic (exact) mass is 279 g/mol. The molecule has 1 aromatic rings. The summed E-state index contributed by atoms with van der Waals surface area (Å²) in [6.07, 6.45) is 1.11. The van der Waals surface area contributed by atoms with Crippen molar-refractivity contribution in [1.82, 2.24) is 5.32 Å². The molecule has 0 bridgehead atoms. The van der Waals surface area contributed by atoms with Gasteiger partial charge < -0.3 is 19.5 Å². The van der Waals surface area contributed by atoms with Crippen LogP contribution in [-0.2, 0) is 16.1 Å². The summed E-state index contributed by atoms with van der Waals surface area (Å²) < 4.78 is 16.6. The molecule has 2 unspecified atom stereocenters. The summed E-state index contributed by atoms with van der Waals surface area (Å²) >= 11 is 0. The molecule has 0 saturated carbocycles. The molecule has 1 fully saturated rings. The minimum absolute atomic E-state index is 0.322. The molecule has 0 radical (unpaired) electrons. The van der Waals surface area contributed by atoms with E-state index in [2.05, 4.69) is 24.4 Å². The van der Waals surface area contributed by atoms with Crippen LogP contribution < -0.4 is 10.1 Å². The topological polar surface area (TPSA) is 39.7 Å². The lowest BCUT2D eigenvalue weighted by Crippen LogP contribution is -2.13. The Morgan fingerprint density at radius 1 is 1.45 bits per heavy atom. The zero-order chi connectivity index (χ0) is 14.4. The highest BCUT2D eigenvalue weighted by atomic mass is 16.5. The molecule has 1 heterocycles. The highest BCUT2D eigenvalue weighted by molar-refractivity contribution is 5.38. The van der Waals surface area contributed by atoms with Gasteiger partial charge in [-0.1, -0.05) is 6.07 Å². The molecule has 112 valence electrons. The van der Waals surface area contributed by atoms with Gasteiger partial charge in [0.25, 0.3) is 0 Å². The third-order valence-corrected chi connectivity index (χ3v) is 3.87. The number of methoxy groups -OCH3 is 1. The normalized spacial score (nSPS) is 20.1. The van der Waals surface area contributed by atoms with Gasteiger partial charge in [-0.25, -0.2) is 0 Å². The molecule has 4 heteroatoms. The predicted molar refractivity (Wildman–Crippen MR) is 79.1 cm³/mol. The van der Waals surface area contributed by atoms with Crippen molar-refractivity contribution in [1.29, 1.82) is 0 Å². The summed E-state index contributed by atoms with van der Waals surface area (Å²) in [6.45, 7) is 5.18. The van der Waals surface area contributed by atoms with E-state index in [1.807, 2.05) is 13.1 Å². The van der Waals surface area contributed by atoms with Crippen LogP contribution in [0.25, 0.3) is 0 Å². The van der Waals surface area contributed by atoms with Gasteiger partial charge in [0.15, 0.2) is 0 Å². The molecular formula is C16H25NO3. The molecule has 1 aliphatic rings. The molecule has 20 heavy (non-hydrogen) atoms. The summed E-state index contributed by atoms with van der Waals surface area (Å²) in [5.41, 5.74) is 2.35. The van der Waals surface area contributed by atoms with Gasteiger partial charge in [-0.2, -0.15) is 0 Å². The second-order valence-electron chi connectivity index (χ2n) is 5.33. The largest absolute Gasteiger partial charge is 0.496 e. The lowest BCUT2D eigenvalue weighted by Gasteiger charge is -2.16. The number of benzene rings is 1. The first kappa shape index (κ1) is 15.3. The molecule has 0 spiro atoms. The first-order valence-electron chi connectivity index (χ1n) is 7.24. The minimum Gasteiger partial charge on any atom is -0.496 e. The maximum absolute atomic E-state index is 5.83. The Kier molecular flexibility index (Phi) is 5.83. The van der Waals surface area contributed by atoms with E-state index < -0.39 is 0 Å². The fourth-order valence-corrected chi connectivity index (χ4v) is 2.40. The molecule has 0 aliphatic carbocycles. The van der Waals surface area contributed by atoms with E-state index in [1.165, 1.54) is 5.56 Å². The SMILES string of the molecule is CNC(C)c1ccc(OC)c(COCC2CCOC2)c1. The van der Waals surface area contributed by atoms with Gasteiger partial charge in [-0.15, -0.1) is 0 Å². The number of hydrogen-bond donors (Lipinski definition) is 1. The highest BCUT2D eigenvalue weighted by Crippen LogP contribution is 2.24. The molecule has 2 rings (SSSR count). The molecule has 1 aromatic carbocycles. The van der Waals surface area contributed by atoms with Gasteiger partial charge in [0.1, 0.15) is 5.75 Å². The fraction of sp³-hybridized carbons (Fsp3) is 0.625. The van der Waals surface area contributed by atoms with Gasteiger partial charge in [-0.05, 0) is 38.1 Å². The molecule has 0 amide bonds. The Morgan fingerprint density at radius 2 is 2.30 bits per heavy atom. The van der Waals surface area contributed by atoms with Crippen LogP contribution in [0.4, 0.5) is 0 Å². The maximum Gasteiger partial charge on any atom is 0.124 e. The van der Waals surface area contributed by atoms with Crippen LogP contribution in [0.1, 0.15) is 30.5 Å². The quantitative estimate of drug-likeness (QED) is 0.832. The summed E-state index contributed by atoms with van der Waals surface area (Å²) in [5, 5.41) is 3.25. The van der Waals surface area contributed by atoms with E-state index in [9.17, 15) is 0 Å². The van der Waals surface area contributed by atoms with Crippen molar-refractivity contribution in [2.45, 2.75) is 26.0 Å². The Balaban J connectivity index is 1.96. The number of nitrogens with one attached hydrogen (secondary N) is 1. The minimum atomic E-state index is 0.322. The molecule has 4 nitrogen and oxygen atoms in total. The number of ether oxygens (including phenoxy) is 3. The van der Waals surface area contributed by atoms with Gasteiger partial charge in [0.2, 0.25) is 0 Å². The second kappa shape index (κ2) is 7.62. The molecule has 2 atom stereocenters. The molecule has 1 saturated heterocycles. The third kappa shape index (κ3) is 3.95. The van der Waals surface area contributed by atoms with E-state index in [4.69, 9.17) is 14.2 Å². The van der Waals surface area contributed by atoms with Gasteiger partial charge in [0.05, 0.1) is 26.9 Å². The van der Waals surface area contributed by atoms with Crippen LogP contribution in [0, 0.1) is 5.92 Å². The number of rotatable bonds is 7. The zero-order valence-electron chi connectivity index (χ0n) is 12.6. The third-order valence-electron chi connectivity index (χ3n) is 3.87. The van der Waals surface area contributed by atoms with Crippen molar-refractivity contribution in [2.75, 3.05) is 34.0 Å². The Morgan fingerprint density at radius 3 is 2.95 bits per heavy atom. The van der Waals surface area contributed by atoms with Crippen LogP contribution in [-0.4, -0.2) is 34.0 Å². The van der Waals surface area contributed by atoms with Crippen LogP contribution in [0.2, 0.25) is 0 Å². The smallest absolute Gasteiger partial charge is 0.124 e. The first-order valence-corrected chi connectivity index (χ1v) is 7.24. The fourth-order valence-electron chi connectivity index (χ4n) is 2.40. The predicted octanol–water partition coefficient (Wildman–Crippen LogP) is 2.53. The van der Waals surface area contributed by atoms with E-state index in [-0.39, 0.29) is 0 Å². The van der Waals surface area contributed by atoms with Crippen LogP contribution >= 0.6 is 0 Å². The Labute approximate surface area is 121 Å². The summed E-state index contributed by atoms with van der Waals surface area (Å²) in [6, 6.07) is 6.59. The molecule has 1 N–H and O–H groups in total. The van der Waals surface area contributed by atoms with Gasteiger partial charge >= 0.3 is 0 Å². The van der Waals surface area contributed by atoms with E-state index in [0.29, 0.717) is 18.6 Å². The van der Waals surface area contributed by atoms with Gasteiger partial charge in [0, 0.05) is 24.1 Å². The first-order chi connectivity index (χ1) is 9.74. The van der Waals surface area contributed by atoms with Crippen LogP contribution in [0.5, 0.6) is 5.75 Å². The van der Waals surface area contributed by atoms with Crippen molar-refractivity contribution >= 4 is 0 Å². The van der Waals surface area contributed by atoms with Crippen molar-refractivity contribution in [3.05, 3.63) is 29.3 Å². The summed E-state index contributed by atoms with van der Waals surface area (Å²) in [4.78, 5) is 0. The summed E-state index contributed by atoms with van der Waals surface area (Å²) in [5.74, 6) is 1.43. The average molecular weight is 279 g/mol. The van der Waals surface area contributed by atoms with Crippen molar-refractivity contribution in [3.63, 3.8) is 0 Å². The zero-order valence-corrected chi connectivity index (χ0v) is 12.6. The lowest BCUT2D eigenvalue weighted by atomic mass is 10.0. The standard InChI is InChI=1S/C16H25NO3/c1-12(17-2)14-4-5-16(18-3)15(8-14)11-20-10-13-6-7-19-9-13/h4-5,8,12-13,17H,6-7,9-11H2,1-3H3. The van der Waals surface area contributed by atoms with Crippen LogP contribution in [0.15, 0.2) is 18.2 Å². The van der Waals surface area contributed by atoms with Gasteiger partial charge in [-0.3, -0.25) is 0 Å². The van der Waals surface area contributed by atoms with E-state index in [0.717, 1.165) is 37.6 Å². The Bertz CT molecular complexity index is 416. The second-order valence-corrected chi connectivity index (χ2v) is 5.33. The summed E-state index contributed by atoms with van der Waals surface area (Å²) in [7, 11) is 3.66. The van der Waals surface area contributed by atoms with E-state index >= 15 is 0 Å². The maximum atomic E-state index is 5.83. The van der Waals surface area contributed by atoms with Crippen LogP contribution in [0.3, 0.4) is 0 Å². The van der Waals surface area contributed by atoms with E-state index in [1.54, 1.807) is 7.11 Å². The average Bonchev–Trinajstić information content (AvgIpc) is 2.99. The molecule has 1 aliphatic heterocycles. The molecular weight excluding hydrogens is 254 g/mol.